The molecule has 1 unspecified atom stereocenters. The lowest BCUT2D eigenvalue weighted by Crippen LogP contribution is -2.37. The van der Waals surface area contributed by atoms with Crippen molar-refractivity contribution in [2.24, 2.45) is 5.92 Å². The predicted molar refractivity (Wildman–Crippen MR) is 61.5 cm³/mol. The molecule has 1 aliphatic rings. The van der Waals surface area contributed by atoms with E-state index < -0.39 is 0 Å². The standard InChI is InChI=1S/C10H12BrNOS/c11-8-5-9(14-6-8)4-7-2-1-3-12-10(7)13/h5-7H,1-4H2,(H,12,13). The summed E-state index contributed by atoms with van der Waals surface area (Å²) in [5.41, 5.74) is 0. The van der Waals surface area contributed by atoms with Crippen molar-refractivity contribution in [2.45, 2.75) is 19.3 Å². The number of carbonyl (C=O) groups excluding carboxylic acids is 1. The van der Waals surface area contributed by atoms with Crippen molar-refractivity contribution in [3.63, 3.8) is 0 Å². The van der Waals surface area contributed by atoms with Gasteiger partial charge in [-0.1, -0.05) is 0 Å². The topological polar surface area (TPSA) is 29.1 Å². The molecule has 0 bridgehead atoms. The second-order valence-corrected chi connectivity index (χ2v) is 5.48. The Morgan fingerprint density at radius 1 is 1.64 bits per heavy atom. The summed E-state index contributed by atoms with van der Waals surface area (Å²) in [6, 6.07) is 2.10. The van der Waals surface area contributed by atoms with Gasteiger partial charge in [0, 0.05) is 27.2 Å². The first-order valence-electron chi connectivity index (χ1n) is 4.76. The second kappa shape index (κ2) is 4.45. The van der Waals surface area contributed by atoms with Crippen LogP contribution in [0.4, 0.5) is 0 Å². The summed E-state index contributed by atoms with van der Waals surface area (Å²) in [6.45, 7) is 0.851. The molecule has 1 aliphatic heterocycles. The Labute approximate surface area is 95.8 Å². The second-order valence-electron chi connectivity index (χ2n) is 3.57. The zero-order valence-corrected chi connectivity index (χ0v) is 10.2. The van der Waals surface area contributed by atoms with Crippen LogP contribution in [0.15, 0.2) is 15.9 Å². The van der Waals surface area contributed by atoms with Crippen LogP contribution in [0, 0.1) is 5.92 Å². The first kappa shape index (κ1) is 10.2. The molecule has 76 valence electrons. The molecule has 0 radical (unpaired) electrons. The molecule has 1 atom stereocenters. The summed E-state index contributed by atoms with van der Waals surface area (Å²) in [7, 11) is 0. The Hall–Kier alpha value is -0.350. The van der Waals surface area contributed by atoms with E-state index in [2.05, 4.69) is 32.7 Å². The molecule has 1 N–H and O–H groups in total. The van der Waals surface area contributed by atoms with Gasteiger partial charge in [-0.3, -0.25) is 4.79 Å². The molecule has 0 aliphatic carbocycles. The fourth-order valence-corrected chi connectivity index (χ4v) is 3.27. The van der Waals surface area contributed by atoms with Gasteiger partial charge in [-0.2, -0.15) is 0 Å². The largest absolute Gasteiger partial charge is 0.356 e. The molecule has 1 saturated heterocycles. The predicted octanol–water partition coefficient (Wildman–Crippen LogP) is 2.58. The average Bonchev–Trinajstić information content (AvgIpc) is 2.56. The number of hydrogen-bond donors (Lipinski definition) is 1. The Morgan fingerprint density at radius 3 is 3.14 bits per heavy atom. The lowest BCUT2D eigenvalue weighted by atomic mass is 9.95. The molecule has 2 rings (SSSR count). The maximum absolute atomic E-state index is 11.5. The monoisotopic (exact) mass is 273 g/mol. The van der Waals surface area contributed by atoms with Gasteiger partial charge >= 0.3 is 0 Å². The first-order valence-corrected chi connectivity index (χ1v) is 6.43. The number of amides is 1. The molecule has 1 fully saturated rings. The van der Waals surface area contributed by atoms with E-state index in [4.69, 9.17) is 0 Å². The van der Waals surface area contributed by atoms with E-state index in [1.165, 1.54) is 4.88 Å². The Bertz CT molecular complexity index is 337. The first-order chi connectivity index (χ1) is 6.75. The molecule has 2 nitrogen and oxygen atoms in total. The number of piperidine rings is 1. The summed E-state index contributed by atoms with van der Waals surface area (Å²) in [5.74, 6) is 0.412. The van der Waals surface area contributed by atoms with Crippen LogP contribution in [-0.2, 0) is 11.2 Å². The van der Waals surface area contributed by atoms with E-state index in [0.29, 0.717) is 0 Å². The van der Waals surface area contributed by atoms with Crippen molar-refractivity contribution in [3.8, 4) is 0 Å². The van der Waals surface area contributed by atoms with Crippen LogP contribution in [0.25, 0.3) is 0 Å². The SMILES string of the molecule is O=C1NCCCC1Cc1cc(Br)cs1. The van der Waals surface area contributed by atoms with Crippen molar-refractivity contribution in [3.05, 3.63) is 20.8 Å². The quantitative estimate of drug-likeness (QED) is 0.882. The minimum Gasteiger partial charge on any atom is -0.356 e. The van der Waals surface area contributed by atoms with Gasteiger partial charge in [0.15, 0.2) is 0 Å². The number of rotatable bonds is 2. The van der Waals surface area contributed by atoms with Crippen LogP contribution in [-0.4, -0.2) is 12.5 Å². The zero-order chi connectivity index (χ0) is 9.97. The van der Waals surface area contributed by atoms with Crippen LogP contribution in [0.5, 0.6) is 0 Å². The fraction of sp³-hybridized carbons (Fsp3) is 0.500. The summed E-state index contributed by atoms with van der Waals surface area (Å²) in [5, 5.41) is 4.98. The lowest BCUT2D eigenvalue weighted by molar-refractivity contribution is -0.126. The van der Waals surface area contributed by atoms with Gasteiger partial charge in [-0.25, -0.2) is 0 Å². The molecule has 0 aromatic carbocycles. The maximum atomic E-state index is 11.5. The zero-order valence-electron chi connectivity index (χ0n) is 7.75. The minimum atomic E-state index is 0.189. The van der Waals surface area contributed by atoms with Gasteiger partial charge in [0.25, 0.3) is 0 Å². The summed E-state index contributed by atoms with van der Waals surface area (Å²) >= 11 is 5.14. The van der Waals surface area contributed by atoms with Crippen LogP contribution in [0.1, 0.15) is 17.7 Å². The van der Waals surface area contributed by atoms with Crippen molar-refractivity contribution in [2.75, 3.05) is 6.54 Å². The van der Waals surface area contributed by atoms with Crippen molar-refractivity contribution in [1.29, 1.82) is 0 Å². The lowest BCUT2D eigenvalue weighted by Gasteiger charge is -2.20. The third kappa shape index (κ3) is 2.36. The van der Waals surface area contributed by atoms with E-state index in [-0.39, 0.29) is 11.8 Å². The van der Waals surface area contributed by atoms with Crippen molar-refractivity contribution < 1.29 is 4.79 Å². The van der Waals surface area contributed by atoms with Gasteiger partial charge in [-0.05, 0) is 41.3 Å². The fourth-order valence-electron chi connectivity index (χ4n) is 1.73. The smallest absolute Gasteiger partial charge is 0.223 e. The van der Waals surface area contributed by atoms with E-state index in [1.807, 2.05) is 0 Å². The van der Waals surface area contributed by atoms with Crippen LogP contribution < -0.4 is 5.32 Å². The van der Waals surface area contributed by atoms with Gasteiger partial charge in [0.1, 0.15) is 0 Å². The molecule has 1 aromatic heterocycles. The molecule has 1 amide bonds. The van der Waals surface area contributed by atoms with E-state index in [1.54, 1.807) is 11.3 Å². The summed E-state index contributed by atoms with van der Waals surface area (Å²) in [4.78, 5) is 12.8. The third-order valence-corrected chi connectivity index (χ3v) is 4.19. The van der Waals surface area contributed by atoms with Crippen LogP contribution in [0.2, 0.25) is 0 Å². The van der Waals surface area contributed by atoms with Crippen LogP contribution in [0.3, 0.4) is 0 Å². The van der Waals surface area contributed by atoms with E-state index in [0.717, 1.165) is 30.3 Å². The van der Waals surface area contributed by atoms with Gasteiger partial charge in [-0.15, -0.1) is 11.3 Å². The third-order valence-electron chi connectivity index (χ3n) is 2.47. The van der Waals surface area contributed by atoms with Gasteiger partial charge in [0.2, 0.25) is 5.91 Å². The molecular formula is C10H12BrNOS. The van der Waals surface area contributed by atoms with Gasteiger partial charge in [0.05, 0.1) is 0 Å². The number of thiophene rings is 1. The Kier molecular flexibility index (Phi) is 3.23. The molecule has 1 aromatic rings. The van der Waals surface area contributed by atoms with Crippen LogP contribution >= 0.6 is 27.3 Å². The highest BCUT2D eigenvalue weighted by atomic mass is 79.9. The molecule has 4 heteroatoms. The maximum Gasteiger partial charge on any atom is 0.223 e. The van der Waals surface area contributed by atoms with Gasteiger partial charge < -0.3 is 5.32 Å². The molecule has 0 spiro atoms. The van der Waals surface area contributed by atoms with E-state index in [9.17, 15) is 4.79 Å². The van der Waals surface area contributed by atoms with Crippen molar-refractivity contribution >= 4 is 33.2 Å². The number of hydrogen-bond acceptors (Lipinski definition) is 2. The normalized spacial score (nSPS) is 22.1. The van der Waals surface area contributed by atoms with Crippen molar-refractivity contribution in [1.82, 2.24) is 5.32 Å². The molecular weight excluding hydrogens is 262 g/mol. The minimum absolute atomic E-state index is 0.189. The molecule has 14 heavy (non-hydrogen) atoms. The highest BCUT2D eigenvalue weighted by molar-refractivity contribution is 9.10. The molecule has 0 saturated carbocycles. The Morgan fingerprint density at radius 2 is 2.50 bits per heavy atom. The highest BCUT2D eigenvalue weighted by Gasteiger charge is 2.22. The van der Waals surface area contributed by atoms with E-state index >= 15 is 0 Å². The summed E-state index contributed by atoms with van der Waals surface area (Å²) in [6.07, 6.45) is 3.03. The summed E-state index contributed by atoms with van der Waals surface area (Å²) < 4.78 is 1.12. The average molecular weight is 274 g/mol. The number of nitrogens with one attached hydrogen (secondary N) is 1. The highest BCUT2D eigenvalue weighted by Crippen LogP contribution is 2.25. The Balaban J connectivity index is 1.99. The number of halogens is 1. The molecule has 2 heterocycles. The number of carbonyl (C=O) groups is 1.